The van der Waals surface area contributed by atoms with Gasteiger partial charge in [-0.05, 0) is 43.4 Å². The summed E-state index contributed by atoms with van der Waals surface area (Å²) < 4.78 is 10.6. The summed E-state index contributed by atoms with van der Waals surface area (Å²) in [5.74, 6) is 1.56. The van der Waals surface area contributed by atoms with E-state index in [1.165, 1.54) is 0 Å². The molecular formula is C14H23ClN2O2. The minimum Gasteiger partial charge on any atom is -0.497 e. The predicted octanol–water partition coefficient (Wildman–Crippen LogP) is 2.18. The van der Waals surface area contributed by atoms with Crippen LogP contribution in [0.2, 0.25) is 0 Å². The van der Waals surface area contributed by atoms with Crippen LogP contribution in [0.15, 0.2) is 18.2 Å². The van der Waals surface area contributed by atoms with Crippen molar-refractivity contribution in [1.29, 1.82) is 0 Å². The summed E-state index contributed by atoms with van der Waals surface area (Å²) in [5.41, 5.74) is 13.2. The minimum absolute atomic E-state index is 0. The van der Waals surface area contributed by atoms with Gasteiger partial charge in [-0.25, -0.2) is 0 Å². The van der Waals surface area contributed by atoms with Crippen LogP contribution in [0.3, 0.4) is 0 Å². The van der Waals surface area contributed by atoms with Gasteiger partial charge in [-0.2, -0.15) is 0 Å². The SMILES string of the molecule is COc1cc(OC)cc(C2(N)CCC(N)CC2)c1.Cl. The van der Waals surface area contributed by atoms with Crippen molar-refractivity contribution in [2.24, 2.45) is 11.5 Å². The highest BCUT2D eigenvalue weighted by Gasteiger charge is 2.32. The zero-order chi connectivity index (χ0) is 13.2. The maximum absolute atomic E-state index is 6.52. The first kappa shape index (κ1) is 16.1. The molecule has 4 nitrogen and oxygen atoms in total. The van der Waals surface area contributed by atoms with Gasteiger partial charge in [-0.1, -0.05) is 0 Å². The quantitative estimate of drug-likeness (QED) is 0.893. The number of hydrogen-bond acceptors (Lipinski definition) is 4. The molecule has 2 rings (SSSR count). The van der Waals surface area contributed by atoms with Crippen LogP contribution >= 0.6 is 12.4 Å². The molecule has 1 aliphatic carbocycles. The molecule has 0 radical (unpaired) electrons. The van der Waals surface area contributed by atoms with Crippen LogP contribution < -0.4 is 20.9 Å². The summed E-state index contributed by atoms with van der Waals surface area (Å²) in [4.78, 5) is 0. The summed E-state index contributed by atoms with van der Waals surface area (Å²) in [6.45, 7) is 0. The highest BCUT2D eigenvalue weighted by atomic mass is 35.5. The third-order valence-corrected chi connectivity index (χ3v) is 3.85. The van der Waals surface area contributed by atoms with Crippen molar-refractivity contribution in [3.05, 3.63) is 23.8 Å². The van der Waals surface area contributed by atoms with Gasteiger partial charge in [-0.15, -0.1) is 12.4 Å². The van der Waals surface area contributed by atoms with E-state index in [-0.39, 0.29) is 24.0 Å². The summed E-state index contributed by atoms with van der Waals surface area (Å²) in [5, 5.41) is 0. The molecular weight excluding hydrogens is 264 g/mol. The maximum atomic E-state index is 6.52. The zero-order valence-electron chi connectivity index (χ0n) is 11.5. The van der Waals surface area contributed by atoms with Gasteiger partial charge in [-0.3, -0.25) is 0 Å². The van der Waals surface area contributed by atoms with E-state index < -0.39 is 0 Å². The average Bonchev–Trinajstić information content (AvgIpc) is 2.41. The highest BCUT2D eigenvalue weighted by molar-refractivity contribution is 5.85. The lowest BCUT2D eigenvalue weighted by Crippen LogP contribution is -2.43. The van der Waals surface area contributed by atoms with E-state index in [1.54, 1.807) is 14.2 Å². The van der Waals surface area contributed by atoms with Crippen molar-refractivity contribution in [2.75, 3.05) is 14.2 Å². The van der Waals surface area contributed by atoms with Crippen LogP contribution in [-0.4, -0.2) is 20.3 Å². The normalized spacial score (nSPS) is 26.4. The number of rotatable bonds is 3. The summed E-state index contributed by atoms with van der Waals surface area (Å²) >= 11 is 0. The first-order valence-electron chi connectivity index (χ1n) is 6.35. The lowest BCUT2D eigenvalue weighted by atomic mass is 9.76. The highest BCUT2D eigenvalue weighted by Crippen LogP contribution is 2.37. The largest absolute Gasteiger partial charge is 0.497 e. The molecule has 0 amide bonds. The molecule has 0 bridgehead atoms. The fraction of sp³-hybridized carbons (Fsp3) is 0.571. The second-order valence-electron chi connectivity index (χ2n) is 5.09. The number of benzene rings is 1. The smallest absolute Gasteiger partial charge is 0.122 e. The Kier molecular flexibility index (Phi) is 5.47. The summed E-state index contributed by atoms with van der Waals surface area (Å²) in [6, 6.07) is 6.15. The molecule has 0 aliphatic heterocycles. The lowest BCUT2D eigenvalue weighted by Gasteiger charge is -2.36. The molecule has 4 N–H and O–H groups in total. The van der Waals surface area contributed by atoms with Gasteiger partial charge in [0, 0.05) is 17.6 Å². The summed E-state index contributed by atoms with van der Waals surface area (Å²) in [7, 11) is 3.30. The Hall–Kier alpha value is -0.970. The first-order valence-corrected chi connectivity index (χ1v) is 6.35. The number of halogens is 1. The molecule has 0 spiro atoms. The lowest BCUT2D eigenvalue weighted by molar-refractivity contribution is 0.275. The third kappa shape index (κ3) is 3.53. The Morgan fingerprint density at radius 2 is 1.53 bits per heavy atom. The Bertz CT molecular complexity index is 396. The van der Waals surface area contributed by atoms with E-state index in [0.29, 0.717) is 0 Å². The molecule has 1 aliphatic rings. The molecule has 0 atom stereocenters. The van der Waals surface area contributed by atoms with Gasteiger partial charge in [0.15, 0.2) is 0 Å². The van der Waals surface area contributed by atoms with Crippen molar-refractivity contribution in [1.82, 2.24) is 0 Å². The number of nitrogens with two attached hydrogens (primary N) is 2. The van der Waals surface area contributed by atoms with Crippen LogP contribution in [0, 0.1) is 0 Å². The van der Waals surface area contributed by atoms with Crippen molar-refractivity contribution in [2.45, 2.75) is 37.3 Å². The molecule has 0 heterocycles. The minimum atomic E-state index is -0.308. The average molecular weight is 287 g/mol. The van der Waals surface area contributed by atoms with Crippen LogP contribution in [0.1, 0.15) is 31.2 Å². The van der Waals surface area contributed by atoms with Gasteiger partial charge in [0.05, 0.1) is 14.2 Å². The number of ether oxygens (including phenoxy) is 2. The van der Waals surface area contributed by atoms with Crippen LogP contribution in [-0.2, 0) is 5.54 Å². The molecule has 1 aromatic rings. The fourth-order valence-electron chi connectivity index (χ4n) is 2.54. The second-order valence-corrected chi connectivity index (χ2v) is 5.09. The van der Waals surface area contributed by atoms with E-state index in [9.17, 15) is 0 Å². The molecule has 108 valence electrons. The van der Waals surface area contributed by atoms with Crippen molar-refractivity contribution in [3.8, 4) is 11.5 Å². The van der Waals surface area contributed by atoms with Crippen molar-refractivity contribution < 1.29 is 9.47 Å². The monoisotopic (exact) mass is 286 g/mol. The standard InChI is InChI=1S/C14H22N2O2.ClH/c1-17-12-7-10(8-13(9-12)18-2)14(16)5-3-11(15)4-6-14;/h7-9,11H,3-6,15-16H2,1-2H3;1H. The maximum Gasteiger partial charge on any atom is 0.122 e. The zero-order valence-corrected chi connectivity index (χ0v) is 12.3. The van der Waals surface area contributed by atoms with E-state index in [4.69, 9.17) is 20.9 Å². The molecule has 0 unspecified atom stereocenters. The molecule has 1 fully saturated rings. The second kappa shape index (κ2) is 6.46. The van der Waals surface area contributed by atoms with Crippen LogP contribution in [0.4, 0.5) is 0 Å². The predicted molar refractivity (Wildman–Crippen MR) is 79.1 cm³/mol. The van der Waals surface area contributed by atoms with Crippen LogP contribution in [0.25, 0.3) is 0 Å². The Labute approximate surface area is 120 Å². The Morgan fingerprint density at radius 1 is 1.05 bits per heavy atom. The van der Waals surface area contributed by atoms with Gasteiger partial charge in [0.2, 0.25) is 0 Å². The van der Waals surface area contributed by atoms with Crippen molar-refractivity contribution in [3.63, 3.8) is 0 Å². The van der Waals surface area contributed by atoms with Crippen LogP contribution in [0.5, 0.6) is 11.5 Å². The van der Waals surface area contributed by atoms with Gasteiger partial charge in [0.1, 0.15) is 11.5 Å². The van der Waals surface area contributed by atoms with E-state index in [1.807, 2.05) is 18.2 Å². The van der Waals surface area contributed by atoms with Crippen molar-refractivity contribution >= 4 is 12.4 Å². The molecule has 5 heteroatoms. The van der Waals surface area contributed by atoms with Gasteiger partial charge < -0.3 is 20.9 Å². The Morgan fingerprint density at radius 3 is 1.95 bits per heavy atom. The third-order valence-electron chi connectivity index (χ3n) is 3.85. The molecule has 19 heavy (non-hydrogen) atoms. The summed E-state index contributed by atoms with van der Waals surface area (Å²) in [6.07, 6.45) is 3.75. The molecule has 1 saturated carbocycles. The van der Waals surface area contributed by atoms with Gasteiger partial charge >= 0.3 is 0 Å². The topological polar surface area (TPSA) is 70.5 Å². The van der Waals surface area contributed by atoms with E-state index in [0.717, 1.165) is 42.7 Å². The first-order chi connectivity index (χ1) is 8.57. The molecule has 0 aromatic heterocycles. The number of methoxy groups -OCH3 is 2. The van der Waals surface area contributed by atoms with E-state index in [2.05, 4.69) is 0 Å². The van der Waals surface area contributed by atoms with Gasteiger partial charge in [0.25, 0.3) is 0 Å². The molecule has 0 saturated heterocycles. The Balaban J connectivity index is 0.00000180. The molecule has 1 aromatic carbocycles. The fourth-order valence-corrected chi connectivity index (χ4v) is 2.54. The number of hydrogen-bond donors (Lipinski definition) is 2. The van der Waals surface area contributed by atoms with E-state index >= 15 is 0 Å².